The summed E-state index contributed by atoms with van der Waals surface area (Å²) in [6, 6.07) is 61.8. The van der Waals surface area contributed by atoms with Crippen molar-refractivity contribution < 1.29 is 0 Å². The van der Waals surface area contributed by atoms with Crippen LogP contribution in [0.25, 0.3) is 88.7 Å². The predicted molar refractivity (Wildman–Crippen MR) is 200 cm³/mol. The van der Waals surface area contributed by atoms with Crippen molar-refractivity contribution in [1.29, 1.82) is 0 Å². The van der Waals surface area contributed by atoms with Crippen molar-refractivity contribution >= 4 is 32.3 Å². The Hall–Kier alpha value is -6.45. The normalized spacial score (nSPS) is 11.3. The summed E-state index contributed by atoms with van der Waals surface area (Å²) in [6.07, 6.45) is 0. The Balaban J connectivity index is 1.19. The maximum atomic E-state index is 5.17. The first-order valence-corrected chi connectivity index (χ1v) is 16.2. The summed E-state index contributed by atoms with van der Waals surface area (Å²) in [4.78, 5) is 15.3. The molecule has 224 valence electrons. The molecule has 9 aromatic rings. The largest absolute Gasteiger partial charge is 0.208 e. The lowest BCUT2D eigenvalue weighted by Crippen LogP contribution is -2.01. The van der Waals surface area contributed by atoms with Crippen LogP contribution in [0.4, 0.5) is 0 Å². The minimum atomic E-state index is 0.651. The minimum absolute atomic E-state index is 0.651. The highest BCUT2D eigenvalue weighted by Gasteiger charge is 2.16. The first kappa shape index (κ1) is 27.8. The number of fused-ring (bicyclic) bond motifs is 3. The summed E-state index contributed by atoms with van der Waals surface area (Å²) in [5, 5.41) is 6.96. The van der Waals surface area contributed by atoms with Gasteiger partial charge >= 0.3 is 0 Å². The van der Waals surface area contributed by atoms with Crippen LogP contribution in [0.2, 0.25) is 0 Å². The first-order valence-electron chi connectivity index (χ1n) is 16.2. The van der Waals surface area contributed by atoms with Crippen LogP contribution in [0.3, 0.4) is 0 Å². The Bertz CT molecular complexity index is 2610. The third kappa shape index (κ3) is 5.08. The van der Waals surface area contributed by atoms with E-state index in [1.165, 1.54) is 33.0 Å². The molecule has 3 heteroatoms. The van der Waals surface area contributed by atoms with E-state index in [-0.39, 0.29) is 0 Å². The third-order valence-electron chi connectivity index (χ3n) is 9.10. The maximum absolute atomic E-state index is 5.17. The molecule has 0 saturated carbocycles. The molecule has 3 nitrogen and oxygen atoms in total. The van der Waals surface area contributed by atoms with Gasteiger partial charge in [-0.05, 0) is 72.8 Å². The van der Waals surface area contributed by atoms with E-state index < -0.39 is 0 Å². The molecule has 0 amide bonds. The molecular formula is C45H29N3. The highest BCUT2D eigenvalue weighted by molar-refractivity contribution is 6.00. The van der Waals surface area contributed by atoms with Gasteiger partial charge in [0.15, 0.2) is 17.5 Å². The predicted octanol–water partition coefficient (Wildman–Crippen LogP) is 11.7. The summed E-state index contributed by atoms with van der Waals surface area (Å²) in [5.41, 5.74) is 7.65. The lowest BCUT2D eigenvalue weighted by molar-refractivity contribution is 1.08. The van der Waals surface area contributed by atoms with E-state index in [1.807, 2.05) is 24.3 Å². The average Bonchev–Trinajstić information content (AvgIpc) is 3.17. The zero-order valence-corrected chi connectivity index (χ0v) is 26.1. The van der Waals surface area contributed by atoms with Crippen molar-refractivity contribution in [2.45, 2.75) is 0 Å². The zero-order chi connectivity index (χ0) is 31.9. The van der Waals surface area contributed by atoms with E-state index in [4.69, 9.17) is 15.0 Å². The molecule has 0 fully saturated rings. The zero-order valence-electron chi connectivity index (χ0n) is 26.1. The Kier molecular flexibility index (Phi) is 6.80. The van der Waals surface area contributed by atoms with Crippen LogP contribution in [0.5, 0.6) is 0 Å². The van der Waals surface area contributed by atoms with Gasteiger partial charge in [-0.3, -0.25) is 0 Å². The molecule has 0 N–H and O–H groups in total. The lowest BCUT2D eigenvalue weighted by atomic mass is 9.96. The fraction of sp³-hybridized carbons (Fsp3) is 0. The number of nitrogens with zero attached hydrogens (tertiary/aromatic N) is 3. The summed E-state index contributed by atoms with van der Waals surface area (Å²) in [7, 11) is 0. The summed E-state index contributed by atoms with van der Waals surface area (Å²) in [6.45, 7) is 0. The third-order valence-corrected chi connectivity index (χ3v) is 9.10. The second-order valence-corrected chi connectivity index (χ2v) is 12.1. The average molecular weight is 612 g/mol. The van der Waals surface area contributed by atoms with Gasteiger partial charge in [0.05, 0.1) is 0 Å². The molecule has 9 rings (SSSR count). The van der Waals surface area contributed by atoms with E-state index in [9.17, 15) is 0 Å². The summed E-state index contributed by atoms with van der Waals surface area (Å²) in [5.74, 6) is 1.96. The molecule has 8 aromatic carbocycles. The van der Waals surface area contributed by atoms with Gasteiger partial charge in [0.25, 0.3) is 0 Å². The van der Waals surface area contributed by atoms with E-state index >= 15 is 0 Å². The lowest BCUT2D eigenvalue weighted by Gasteiger charge is -2.13. The van der Waals surface area contributed by atoms with Gasteiger partial charge in [-0.25, -0.2) is 15.0 Å². The standard InChI is InChI=1S/C45H29N3/c1-3-11-30(12-4-1)34-23-25-39-37(28-34)17-9-19-41(39)44-46-43(32-14-5-2-6-15-32)47-45(48-44)42-20-10-18-38-29-36(24-26-40(38)42)35-22-21-31-13-7-8-16-33(31)27-35/h1-29H. The number of hydrogen-bond donors (Lipinski definition) is 0. The first-order chi connectivity index (χ1) is 23.8. The van der Waals surface area contributed by atoms with Gasteiger partial charge in [0, 0.05) is 16.7 Å². The monoisotopic (exact) mass is 611 g/mol. The molecule has 0 spiro atoms. The highest BCUT2D eigenvalue weighted by Crippen LogP contribution is 2.35. The Labute approximate surface area is 278 Å². The van der Waals surface area contributed by atoms with E-state index in [0.717, 1.165) is 38.2 Å². The van der Waals surface area contributed by atoms with Gasteiger partial charge in [0.2, 0.25) is 0 Å². The van der Waals surface area contributed by atoms with Crippen molar-refractivity contribution in [2.75, 3.05) is 0 Å². The Morgan fingerprint density at radius 3 is 1.29 bits per heavy atom. The number of aromatic nitrogens is 3. The fourth-order valence-corrected chi connectivity index (χ4v) is 6.65. The van der Waals surface area contributed by atoms with Crippen molar-refractivity contribution in [3.8, 4) is 56.4 Å². The summed E-state index contributed by atoms with van der Waals surface area (Å²) < 4.78 is 0. The molecule has 48 heavy (non-hydrogen) atoms. The quantitative estimate of drug-likeness (QED) is 0.194. The van der Waals surface area contributed by atoms with E-state index in [0.29, 0.717) is 17.5 Å². The van der Waals surface area contributed by atoms with Crippen molar-refractivity contribution in [3.05, 3.63) is 176 Å². The van der Waals surface area contributed by atoms with Crippen LogP contribution in [0.1, 0.15) is 0 Å². The summed E-state index contributed by atoms with van der Waals surface area (Å²) >= 11 is 0. The molecule has 1 aromatic heterocycles. The van der Waals surface area contributed by atoms with Gasteiger partial charge < -0.3 is 0 Å². The topological polar surface area (TPSA) is 38.7 Å². The smallest absolute Gasteiger partial charge is 0.164 e. The van der Waals surface area contributed by atoms with Gasteiger partial charge in [0.1, 0.15) is 0 Å². The Morgan fingerprint density at radius 2 is 0.688 bits per heavy atom. The maximum Gasteiger partial charge on any atom is 0.164 e. The van der Waals surface area contributed by atoms with Crippen LogP contribution < -0.4 is 0 Å². The molecular weight excluding hydrogens is 583 g/mol. The van der Waals surface area contributed by atoms with Crippen LogP contribution in [-0.2, 0) is 0 Å². The van der Waals surface area contributed by atoms with Crippen LogP contribution in [0.15, 0.2) is 176 Å². The molecule has 0 aliphatic heterocycles. The molecule has 0 aliphatic rings. The number of hydrogen-bond acceptors (Lipinski definition) is 3. The molecule has 0 atom stereocenters. The molecule has 0 saturated heterocycles. The van der Waals surface area contributed by atoms with Gasteiger partial charge in [-0.2, -0.15) is 0 Å². The van der Waals surface area contributed by atoms with Crippen LogP contribution >= 0.6 is 0 Å². The molecule has 0 radical (unpaired) electrons. The molecule has 0 unspecified atom stereocenters. The minimum Gasteiger partial charge on any atom is -0.208 e. The van der Waals surface area contributed by atoms with Gasteiger partial charge in [-0.1, -0.05) is 158 Å². The molecule has 0 aliphatic carbocycles. The van der Waals surface area contributed by atoms with E-state index in [2.05, 4.69) is 152 Å². The molecule has 0 bridgehead atoms. The van der Waals surface area contributed by atoms with Crippen molar-refractivity contribution in [1.82, 2.24) is 15.0 Å². The van der Waals surface area contributed by atoms with Crippen LogP contribution in [-0.4, -0.2) is 15.0 Å². The second-order valence-electron chi connectivity index (χ2n) is 12.1. The van der Waals surface area contributed by atoms with Crippen LogP contribution in [0, 0.1) is 0 Å². The van der Waals surface area contributed by atoms with Crippen molar-refractivity contribution in [2.24, 2.45) is 0 Å². The SMILES string of the molecule is c1ccc(-c2ccc3c(-c4nc(-c5ccccc5)nc(-c5cccc6cc(-c7ccc8ccccc8c7)ccc56)n4)cccc3c2)cc1. The van der Waals surface area contributed by atoms with E-state index in [1.54, 1.807) is 0 Å². The molecule has 1 heterocycles. The number of benzene rings is 8. The number of rotatable bonds is 5. The van der Waals surface area contributed by atoms with Gasteiger partial charge in [-0.15, -0.1) is 0 Å². The highest BCUT2D eigenvalue weighted by atomic mass is 15.0. The fourth-order valence-electron chi connectivity index (χ4n) is 6.65. The van der Waals surface area contributed by atoms with Crippen molar-refractivity contribution in [3.63, 3.8) is 0 Å². The Morgan fingerprint density at radius 1 is 0.250 bits per heavy atom. The second kappa shape index (κ2) is 11.7.